The lowest BCUT2D eigenvalue weighted by Crippen LogP contribution is -2.18. The minimum atomic E-state index is -5.10. The van der Waals surface area contributed by atoms with Crippen LogP contribution >= 0.6 is 19.4 Å². The van der Waals surface area contributed by atoms with Crippen molar-refractivity contribution in [3.63, 3.8) is 0 Å². The van der Waals surface area contributed by atoms with Crippen molar-refractivity contribution in [3.05, 3.63) is 42.6 Å². The zero-order chi connectivity index (χ0) is 20.3. The number of nitrogens with zero attached hydrogens (tertiary/aromatic N) is 1. The van der Waals surface area contributed by atoms with Crippen LogP contribution in [-0.4, -0.2) is 25.7 Å². The van der Waals surface area contributed by atoms with Crippen molar-refractivity contribution in [3.8, 4) is 44.6 Å². The number of methoxy groups -OCH3 is 3. The number of ether oxygens (including phenoxy) is 3. The molecule has 1 heterocycles. The molecule has 0 bridgehead atoms. The lowest BCUT2D eigenvalue weighted by molar-refractivity contribution is -0.333. The molecular formula is C18H16NO7PS-2. The third-order valence-corrected chi connectivity index (χ3v) is 5.16. The van der Waals surface area contributed by atoms with Crippen molar-refractivity contribution in [2.75, 3.05) is 21.3 Å². The highest BCUT2D eigenvalue weighted by Gasteiger charge is 2.18. The Morgan fingerprint density at radius 3 is 2.04 bits per heavy atom. The molecule has 0 saturated carbocycles. The molecule has 0 aliphatic carbocycles. The Morgan fingerprint density at radius 1 is 0.929 bits per heavy atom. The third kappa shape index (κ3) is 4.28. The maximum absolute atomic E-state index is 10.7. The first-order valence-electron chi connectivity index (χ1n) is 7.93. The summed E-state index contributed by atoms with van der Waals surface area (Å²) in [5.74, 6) is 1.47. The van der Waals surface area contributed by atoms with Crippen molar-refractivity contribution in [2.24, 2.45) is 0 Å². The summed E-state index contributed by atoms with van der Waals surface area (Å²) in [7, 11) is -0.484. The van der Waals surface area contributed by atoms with Crippen LogP contribution in [-0.2, 0) is 4.57 Å². The van der Waals surface area contributed by atoms with Crippen molar-refractivity contribution >= 4 is 19.4 Å². The van der Waals surface area contributed by atoms with Gasteiger partial charge in [0.25, 0.3) is 0 Å². The van der Waals surface area contributed by atoms with Gasteiger partial charge >= 0.3 is 0 Å². The topological polar surface area (TPSA) is 113 Å². The average molecular weight is 421 g/mol. The number of benzene rings is 2. The van der Waals surface area contributed by atoms with E-state index in [1.807, 2.05) is 12.1 Å². The molecule has 0 N–H and O–H groups in total. The van der Waals surface area contributed by atoms with E-state index in [-0.39, 0.29) is 5.75 Å². The molecule has 28 heavy (non-hydrogen) atoms. The monoisotopic (exact) mass is 421 g/mol. The van der Waals surface area contributed by atoms with Gasteiger partial charge in [-0.05, 0) is 41.4 Å². The quantitative estimate of drug-likeness (QED) is 0.535. The van der Waals surface area contributed by atoms with Gasteiger partial charge in [-0.2, -0.15) is 4.37 Å². The first-order valence-corrected chi connectivity index (χ1v) is 10.2. The summed E-state index contributed by atoms with van der Waals surface area (Å²) in [6.07, 6.45) is 1.70. The molecule has 3 aromatic rings. The molecule has 0 radical (unpaired) electrons. The molecule has 0 atom stereocenters. The molecular weight excluding hydrogens is 405 g/mol. The van der Waals surface area contributed by atoms with E-state index in [9.17, 15) is 14.4 Å². The Kier molecular flexibility index (Phi) is 5.90. The average Bonchev–Trinajstić information content (AvgIpc) is 3.15. The Bertz CT molecular complexity index is 988. The van der Waals surface area contributed by atoms with Crippen LogP contribution in [0.2, 0.25) is 0 Å². The SMILES string of the molecule is COc1cc(-c2sncc2-c2ccc(OP(=O)([O-])[O-])cc2)cc(OC)c1OC. The standard InChI is InChI=1S/C18H18NO7PS/c1-23-15-8-12(9-16(24-2)17(15)25-3)18-14(10-19-28-18)11-4-6-13(7-5-11)26-27(20,21)22/h4-10H,1-3H3,(H2,20,21,22)/p-2. The zero-order valence-electron chi connectivity index (χ0n) is 15.2. The summed E-state index contributed by atoms with van der Waals surface area (Å²) in [5.41, 5.74) is 2.41. The number of hydrogen-bond acceptors (Lipinski definition) is 9. The molecule has 0 spiro atoms. The van der Waals surface area contributed by atoms with Gasteiger partial charge in [-0.1, -0.05) is 12.1 Å². The van der Waals surface area contributed by atoms with Gasteiger partial charge in [0.2, 0.25) is 5.75 Å². The van der Waals surface area contributed by atoms with Crippen LogP contribution < -0.4 is 28.5 Å². The highest BCUT2D eigenvalue weighted by molar-refractivity contribution is 7.43. The van der Waals surface area contributed by atoms with E-state index in [1.54, 1.807) is 18.3 Å². The lowest BCUT2D eigenvalue weighted by atomic mass is 10.0. The second-order valence-electron chi connectivity index (χ2n) is 5.55. The van der Waals surface area contributed by atoms with Crippen LogP contribution in [0.3, 0.4) is 0 Å². The highest BCUT2D eigenvalue weighted by atomic mass is 32.1. The second-order valence-corrected chi connectivity index (χ2v) is 7.42. The molecule has 0 amide bonds. The zero-order valence-corrected chi connectivity index (χ0v) is 16.9. The summed E-state index contributed by atoms with van der Waals surface area (Å²) in [5, 5.41) is 0. The van der Waals surface area contributed by atoms with Gasteiger partial charge in [-0.3, -0.25) is 0 Å². The van der Waals surface area contributed by atoms with Gasteiger partial charge in [0, 0.05) is 17.3 Å². The molecule has 148 valence electrons. The molecule has 0 saturated heterocycles. The Morgan fingerprint density at radius 2 is 1.54 bits per heavy atom. The Labute approximate surface area is 165 Å². The molecule has 3 rings (SSSR count). The number of phosphoric ester groups is 1. The molecule has 2 aromatic carbocycles. The summed E-state index contributed by atoms with van der Waals surface area (Å²) in [6, 6.07) is 9.76. The van der Waals surface area contributed by atoms with Gasteiger partial charge < -0.3 is 33.1 Å². The van der Waals surface area contributed by atoms with E-state index in [2.05, 4.69) is 8.90 Å². The summed E-state index contributed by atoms with van der Waals surface area (Å²) in [6.45, 7) is 0. The van der Waals surface area contributed by atoms with E-state index in [0.29, 0.717) is 17.2 Å². The van der Waals surface area contributed by atoms with E-state index < -0.39 is 7.82 Å². The number of rotatable bonds is 7. The molecule has 8 nitrogen and oxygen atoms in total. The maximum Gasteiger partial charge on any atom is 0.203 e. The maximum atomic E-state index is 10.7. The van der Waals surface area contributed by atoms with Crippen LogP contribution in [0, 0.1) is 0 Å². The lowest BCUT2D eigenvalue weighted by Gasteiger charge is -2.28. The van der Waals surface area contributed by atoms with Gasteiger partial charge in [-0.25, -0.2) is 0 Å². The molecule has 0 aliphatic heterocycles. The van der Waals surface area contributed by atoms with Crippen LogP contribution in [0.15, 0.2) is 42.6 Å². The minimum Gasteiger partial charge on any atom is -0.780 e. The number of aromatic nitrogens is 1. The molecule has 0 fully saturated rings. The first kappa shape index (κ1) is 20.2. The Hall–Kier alpha value is -2.58. The van der Waals surface area contributed by atoms with Gasteiger partial charge in [0.15, 0.2) is 11.5 Å². The van der Waals surface area contributed by atoms with Gasteiger partial charge in [-0.15, -0.1) is 0 Å². The second kappa shape index (κ2) is 8.20. The van der Waals surface area contributed by atoms with Gasteiger partial charge in [0.1, 0.15) is 13.6 Å². The van der Waals surface area contributed by atoms with Crippen molar-refractivity contribution in [1.82, 2.24) is 4.37 Å². The largest absolute Gasteiger partial charge is 0.780 e. The third-order valence-electron chi connectivity index (χ3n) is 3.88. The van der Waals surface area contributed by atoms with Crippen LogP contribution in [0.1, 0.15) is 0 Å². The number of phosphoric acid groups is 1. The van der Waals surface area contributed by atoms with Gasteiger partial charge in [0.05, 0.1) is 26.2 Å². The smallest absolute Gasteiger partial charge is 0.203 e. The minimum absolute atomic E-state index is 0.0467. The summed E-state index contributed by atoms with van der Waals surface area (Å²) in [4.78, 5) is 22.3. The van der Waals surface area contributed by atoms with E-state index >= 15 is 0 Å². The Balaban J connectivity index is 2.02. The van der Waals surface area contributed by atoms with E-state index in [4.69, 9.17) is 14.2 Å². The van der Waals surface area contributed by atoms with E-state index in [1.165, 1.54) is 45.0 Å². The normalized spacial score (nSPS) is 11.2. The molecule has 1 aromatic heterocycles. The molecule has 0 unspecified atom stereocenters. The fourth-order valence-electron chi connectivity index (χ4n) is 2.69. The van der Waals surface area contributed by atoms with Crippen LogP contribution in [0.5, 0.6) is 23.0 Å². The predicted molar refractivity (Wildman–Crippen MR) is 101 cm³/mol. The van der Waals surface area contributed by atoms with E-state index in [0.717, 1.165) is 21.6 Å². The molecule has 10 heteroatoms. The highest BCUT2D eigenvalue weighted by Crippen LogP contribution is 2.44. The predicted octanol–water partition coefficient (Wildman–Crippen LogP) is 2.71. The summed E-state index contributed by atoms with van der Waals surface area (Å²) < 4.78 is 35.5. The first-order chi connectivity index (χ1) is 13.4. The molecule has 0 aliphatic rings. The van der Waals surface area contributed by atoms with Crippen molar-refractivity contribution < 1.29 is 33.1 Å². The fraction of sp³-hybridized carbons (Fsp3) is 0.167. The van der Waals surface area contributed by atoms with Crippen molar-refractivity contribution in [2.45, 2.75) is 0 Å². The summed E-state index contributed by atoms with van der Waals surface area (Å²) >= 11 is 1.29. The van der Waals surface area contributed by atoms with Crippen LogP contribution in [0.4, 0.5) is 0 Å². The fourth-order valence-corrected chi connectivity index (χ4v) is 3.83. The van der Waals surface area contributed by atoms with Crippen LogP contribution in [0.25, 0.3) is 21.6 Å². The van der Waals surface area contributed by atoms with Crippen molar-refractivity contribution in [1.29, 1.82) is 0 Å². The number of hydrogen-bond donors (Lipinski definition) is 0.